The van der Waals surface area contributed by atoms with Crippen LogP contribution < -0.4 is 11.1 Å². The molecule has 2 heteroatoms. The van der Waals surface area contributed by atoms with E-state index in [0.29, 0.717) is 6.04 Å². The fourth-order valence-corrected chi connectivity index (χ4v) is 2.12. The first-order chi connectivity index (χ1) is 6.33. The summed E-state index contributed by atoms with van der Waals surface area (Å²) < 4.78 is 0. The lowest BCUT2D eigenvalue weighted by Crippen LogP contribution is -2.33. The minimum absolute atomic E-state index is 0.489. The Bertz CT molecular complexity index is 119. The van der Waals surface area contributed by atoms with Gasteiger partial charge in [-0.2, -0.15) is 0 Å². The van der Waals surface area contributed by atoms with E-state index in [1.54, 1.807) is 0 Å². The van der Waals surface area contributed by atoms with Crippen molar-refractivity contribution in [3.63, 3.8) is 0 Å². The van der Waals surface area contributed by atoms with Crippen molar-refractivity contribution in [2.75, 3.05) is 13.1 Å². The first-order valence-electron chi connectivity index (χ1n) is 5.76. The molecule has 1 rings (SSSR count). The lowest BCUT2D eigenvalue weighted by Gasteiger charge is -2.12. The number of rotatable bonds is 6. The van der Waals surface area contributed by atoms with Gasteiger partial charge in [0.25, 0.3) is 0 Å². The molecule has 1 aliphatic rings. The molecule has 0 radical (unpaired) electrons. The predicted molar refractivity (Wildman–Crippen MR) is 57.7 cm³/mol. The maximum Gasteiger partial charge on any atom is 0.0161 e. The monoisotopic (exact) mass is 184 g/mol. The lowest BCUT2D eigenvalue weighted by molar-refractivity contribution is 0.454. The van der Waals surface area contributed by atoms with Crippen LogP contribution in [0.2, 0.25) is 0 Å². The summed E-state index contributed by atoms with van der Waals surface area (Å²) in [6.07, 6.45) is 8.65. The molecule has 0 amide bonds. The largest absolute Gasteiger partial charge is 0.329 e. The molecule has 2 nitrogen and oxygen atoms in total. The lowest BCUT2D eigenvalue weighted by atomic mass is 10.0. The second kappa shape index (κ2) is 6.39. The van der Waals surface area contributed by atoms with E-state index in [4.69, 9.17) is 5.73 Å². The fourth-order valence-electron chi connectivity index (χ4n) is 2.12. The molecule has 3 N–H and O–H groups in total. The molecular formula is C11H24N2. The molecule has 1 atom stereocenters. The zero-order valence-electron chi connectivity index (χ0n) is 8.89. The molecule has 0 heterocycles. The fraction of sp³-hybridized carbons (Fsp3) is 1.00. The molecule has 0 aliphatic heterocycles. The van der Waals surface area contributed by atoms with E-state index in [2.05, 4.69) is 12.2 Å². The van der Waals surface area contributed by atoms with E-state index in [-0.39, 0.29) is 0 Å². The van der Waals surface area contributed by atoms with E-state index in [1.807, 2.05) is 0 Å². The van der Waals surface area contributed by atoms with Gasteiger partial charge in [0.05, 0.1) is 0 Å². The van der Waals surface area contributed by atoms with Crippen LogP contribution in [-0.4, -0.2) is 19.1 Å². The summed E-state index contributed by atoms with van der Waals surface area (Å²) in [6, 6.07) is 0.489. The van der Waals surface area contributed by atoms with Crippen molar-refractivity contribution < 1.29 is 0 Å². The highest BCUT2D eigenvalue weighted by Crippen LogP contribution is 2.28. The van der Waals surface area contributed by atoms with Crippen molar-refractivity contribution in [2.45, 2.75) is 51.5 Å². The highest BCUT2D eigenvalue weighted by molar-refractivity contribution is 4.68. The normalized spacial score (nSPS) is 20.8. The van der Waals surface area contributed by atoms with Crippen molar-refractivity contribution in [1.82, 2.24) is 5.32 Å². The Morgan fingerprint density at radius 1 is 1.38 bits per heavy atom. The van der Waals surface area contributed by atoms with Gasteiger partial charge >= 0.3 is 0 Å². The zero-order valence-corrected chi connectivity index (χ0v) is 8.89. The van der Waals surface area contributed by atoms with Gasteiger partial charge in [0, 0.05) is 12.6 Å². The van der Waals surface area contributed by atoms with Crippen LogP contribution in [0.25, 0.3) is 0 Å². The van der Waals surface area contributed by atoms with Gasteiger partial charge in [-0.1, -0.05) is 25.7 Å². The average molecular weight is 184 g/mol. The zero-order chi connectivity index (χ0) is 9.52. The molecule has 0 aromatic rings. The van der Waals surface area contributed by atoms with Crippen LogP contribution >= 0.6 is 0 Å². The maximum atomic E-state index is 5.51. The van der Waals surface area contributed by atoms with Crippen LogP contribution in [0.4, 0.5) is 0 Å². The summed E-state index contributed by atoms with van der Waals surface area (Å²) in [5.41, 5.74) is 5.51. The third-order valence-electron chi connectivity index (χ3n) is 3.11. The number of hydrogen-bond donors (Lipinski definition) is 2. The SMILES string of the molecule is C[C@@H](CN)NCCCC1CCCC1. The minimum atomic E-state index is 0.489. The summed E-state index contributed by atoms with van der Waals surface area (Å²) >= 11 is 0. The molecule has 0 spiro atoms. The summed E-state index contributed by atoms with van der Waals surface area (Å²) in [5.74, 6) is 1.04. The topological polar surface area (TPSA) is 38.0 Å². The van der Waals surface area contributed by atoms with Crippen molar-refractivity contribution in [3.05, 3.63) is 0 Å². The predicted octanol–water partition coefficient (Wildman–Crippen LogP) is 1.89. The van der Waals surface area contributed by atoms with E-state index in [0.717, 1.165) is 19.0 Å². The molecular weight excluding hydrogens is 160 g/mol. The maximum absolute atomic E-state index is 5.51. The highest BCUT2D eigenvalue weighted by atomic mass is 14.9. The van der Waals surface area contributed by atoms with E-state index in [1.165, 1.54) is 38.5 Å². The Labute approximate surface area is 82.3 Å². The third kappa shape index (κ3) is 4.63. The van der Waals surface area contributed by atoms with Crippen molar-refractivity contribution in [2.24, 2.45) is 11.7 Å². The molecule has 78 valence electrons. The number of nitrogens with one attached hydrogen (secondary N) is 1. The quantitative estimate of drug-likeness (QED) is 0.619. The van der Waals surface area contributed by atoms with Crippen LogP contribution in [0, 0.1) is 5.92 Å². The van der Waals surface area contributed by atoms with E-state index in [9.17, 15) is 0 Å². The highest BCUT2D eigenvalue weighted by Gasteiger charge is 2.13. The van der Waals surface area contributed by atoms with Gasteiger partial charge in [0.15, 0.2) is 0 Å². The Morgan fingerprint density at radius 3 is 2.69 bits per heavy atom. The molecule has 1 saturated carbocycles. The number of hydrogen-bond acceptors (Lipinski definition) is 2. The molecule has 0 unspecified atom stereocenters. The van der Waals surface area contributed by atoms with Gasteiger partial charge in [-0.05, 0) is 32.2 Å². The molecule has 13 heavy (non-hydrogen) atoms. The van der Waals surface area contributed by atoms with Crippen LogP contribution in [0.1, 0.15) is 45.4 Å². The van der Waals surface area contributed by atoms with Crippen LogP contribution in [-0.2, 0) is 0 Å². The standard InChI is InChI=1S/C11H24N2/c1-10(9-12)13-8-4-7-11-5-2-3-6-11/h10-11,13H,2-9,12H2,1H3/t10-/m0/s1. The minimum Gasteiger partial charge on any atom is -0.329 e. The summed E-state index contributed by atoms with van der Waals surface area (Å²) in [4.78, 5) is 0. The summed E-state index contributed by atoms with van der Waals surface area (Å²) in [6.45, 7) is 4.05. The van der Waals surface area contributed by atoms with Crippen molar-refractivity contribution >= 4 is 0 Å². The first kappa shape index (κ1) is 11.0. The van der Waals surface area contributed by atoms with E-state index >= 15 is 0 Å². The van der Waals surface area contributed by atoms with Crippen LogP contribution in [0.15, 0.2) is 0 Å². The molecule has 1 aliphatic carbocycles. The number of nitrogens with two attached hydrogens (primary N) is 1. The summed E-state index contributed by atoms with van der Waals surface area (Å²) in [7, 11) is 0. The molecule has 0 saturated heterocycles. The van der Waals surface area contributed by atoms with E-state index < -0.39 is 0 Å². The first-order valence-corrected chi connectivity index (χ1v) is 5.76. The Kier molecular flexibility index (Phi) is 5.40. The molecule has 1 fully saturated rings. The molecule has 0 bridgehead atoms. The summed E-state index contributed by atoms with van der Waals surface area (Å²) in [5, 5.41) is 3.43. The smallest absolute Gasteiger partial charge is 0.0161 e. The van der Waals surface area contributed by atoms with Gasteiger partial charge < -0.3 is 11.1 Å². The van der Waals surface area contributed by atoms with Gasteiger partial charge in [-0.15, -0.1) is 0 Å². The van der Waals surface area contributed by atoms with Crippen molar-refractivity contribution in [1.29, 1.82) is 0 Å². The Hall–Kier alpha value is -0.0800. The molecule has 0 aromatic heterocycles. The Morgan fingerprint density at radius 2 is 2.08 bits per heavy atom. The van der Waals surface area contributed by atoms with Crippen LogP contribution in [0.3, 0.4) is 0 Å². The van der Waals surface area contributed by atoms with Gasteiger partial charge in [-0.3, -0.25) is 0 Å². The second-order valence-electron chi connectivity index (χ2n) is 4.38. The molecule has 0 aromatic carbocycles. The third-order valence-corrected chi connectivity index (χ3v) is 3.11. The van der Waals surface area contributed by atoms with Gasteiger partial charge in [0.2, 0.25) is 0 Å². The Balaban J connectivity index is 1.88. The van der Waals surface area contributed by atoms with Crippen molar-refractivity contribution in [3.8, 4) is 0 Å². The second-order valence-corrected chi connectivity index (χ2v) is 4.38. The van der Waals surface area contributed by atoms with Gasteiger partial charge in [-0.25, -0.2) is 0 Å². The average Bonchev–Trinajstić information content (AvgIpc) is 2.64. The van der Waals surface area contributed by atoms with Gasteiger partial charge in [0.1, 0.15) is 0 Å². The van der Waals surface area contributed by atoms with Crippen LogP contribution in [0.5, 0.6) is 0 Å².